The van der Waals surface area contributed by atoms with Crippen LogP contribution in [0.15, 0.2) is 67.4 Å². The Kier molecular flexibility index (Phi) is 13.7. The Morgan fingerprint density at radius 1 is 0.579 bits per heavy atom. The number of nitrogens with zero attached hydrogens (tertiary/aromatic N) is 8. The second-order valence-corrected chi connectivity index (χ2v) is 12.6. The van der Waals surface area contributed by atoms with E-state index in [9.17, 15) is 0 Å². The largest absolute Gasteiger partial charge is 0.471 e. The van der Waals surface area contributed by atoms with Crippen molar-refractivity contribution in [3.05, 3.63) is 95.3 Å². The molecule has 0 spiro atoms. The number of aromatic amines is 3. The van der Waals surface area contributed by atoms with Gasteiger partial charge >= 0.3 is 5.95 Å². The molecular weight excluding hydrogens is 738 g/mol. The molecule has 0 unspecified atom stereocenters. The summed E-state index contributed by atoms with van der Waals surface area (Å²) in [4.78, 5) is 29.5. The van der Waals surface area contributed by atoms with Crippen LogP contribution in [0, 0.1) is 0 Å². The van der Waals surface area contributed by atoms with Crippen molar-refractivity contribution in [2.24, 2.45) is 0 Å². The summed E-state index contributed by atoms with van der Waals surface area (Å²) in [5.74, 6) is 1.19. The van der Waals surface area contributed by atoms with Gasteiger partial charge in [0.1, 0.15) is 24.4 Å². The zero-order valence-corrected chi connectivity index (χ0v) is 31.1. The fraction of sp³-hybridized carbons (Fsp3) is 0.351. The van der Waals surface area contributed by atoms with Crippen LogP contribution in [-0.4, -0.2) is 96.1 Å². The molecule has 0 amide bonds. The normalized spacial score (nSPS) is 11.5. The van der Waals surface area contributed by atoms with Gasteiger partial charge in [-0.05, 0) is 27.2 Å². The van der Waals surface area contributed by atoms with Crippen molar-refractivity contribution < 1.29 is 38.1 Å². The average molecular weight is 783 g/mol. The molecule has 298 valence electrons. The molecule has 20 heteroatoms. The molecule has 57 heavy (non-hydrogen) atoms. The molecule has 0 aliphatic carbocycles. The van der Waals surface area contributed by atoms with Crippen LogP contribution < -0.4 is 25.9 Å². The average Bonchev–Trinajstić information content (AvgIpc) is 4.01. The van der Waals surface area contributed by atoms with Crippen molar-refractivity contribution in [1.29, 1.82) is 0 Å². The van der Waals surface area contributed by atoms with E-state index in [2.05, 4.69) is 50.2 Å². The minimum absolute atomic E-state index is 0.107. The lowest BCUT2D eigenvalue weighted by molar-refractivity contribution is -0.380. The van der Waals surface area contributed by atoms with Crippen LogP contribution in [0.25, 0.3) is 22.3 Å². The Hall–Kier alpha value is -6.32. The second-order valence-electron chi connectivity index (χ2n) is 12.6. The van der Waals surface area contributed by atoms with Crippen molar-refractivity contribution in [3.63, 3.8) is 0 Å². The van der Waals surface area contributed by atoms with Gasteiger partial charge in [-0.15, -0.1) is 5.10 Å². The van der Waals surface area contributed by atoms with E-state index in [1.807, 2.05) is 54.7 Å². The van der Waals surface area contributed by atoms with Crippen LogP contribution in [0.2, 0.25) is 0 Å². The van der Waals surface area contributed by atoms with Crippen LogP contribution >= 0.6 is 0 Å². The van der Waals surface area contributed by atoms with Crippen molar-refractivity contribution in [2.75, 3.05) is 57.7 Å². The fourth-order valence-electron chi connectivity index (χ4n) is 5.46. The lowest BCUT2D eigenvalue weighted by Gasteiger charge is -2.08. The maximum Gasteiger partial charge on any atom is 0.392 e. The number of anilines is 2. The van der Waals surface area contributed by atoms with Crippen LogP contribution in [0.1, 0.15) is 27.9 Å². The molecule has 0 atom stereocenters. The number of nitrogens with one attached hydrogen (secondary N) is 3. The standard InChI is InChI=1S/C37H43N13O7/c38-36-44-32-30(40-23-42-32)34(46-36)56-20-27-5-1-25(2-6-27)18-54-16-15-53-14-13-52-12-11-51-10-9-50-17-29(48-49-50)22-55-19-26-3-7-28(8-4-26)21-57-35-31-33(43-24-41-31)45-37(39)47-35/h1-8,17,23-24H,9-16,18-22H2,(H3,38,40,42,44,46)(H3,39,41,43,45,47)/p+1. The summed E-state index contributed by atoms with van der Waals surface area (Å²) in [6, 6.07) is 15.9. The first kappa shape index (κ1) is 38.9. The molecule has 5 aromatic heterocycles. The summed E-state index contributed by atoms with van der Waals surface area (Å²) in [7, 11) is 0. The Bertz CT molecular complexity index is 2280. The number of rotatable bonds is 24. The van der Waals surface area contributed by atoms with E-state index in [0.717, 1.165) is 27.9 Å². The minimum Gasteiger partial charge on any atom is -0.471 e. The minimum atomic E-state index is 0.107. The number of benzene rings is 2. The van der Waals surface area contributed by atoms with Crippen molar-refractivity contribution in [2.45, 2.75) is 39.6 Å². The number of hydrogen-bond donors (Lipinski definition) is 4. The highest BCUT2D eigenvalue weighted by Gasteiger charge is 2.15. The maximum absolute atomic E-state index is 5.89. The van der Waals surface area contributed by atoms with Crippen LogP contribution in [0.5, 0.6) is 11.8 Å². The summed E-state index contributed by atoms with van der Waals surface area (Å²) in [6.07, 6.45) is 4.92. The van der Waals surface area contributed by atoms with Gasteiger partial charge in [-0.2, -0.15) is 9.97 Å². The summed E-state index contributed by atoms with van der Waals surface area (Å²) in [5.41, 5.74) is 18.6. The lowest BCUT2D eigenvalue weighted by Crippen LogP contribution is -2.17. The van der Waals surface area contributed by atoms with Gasteiger partial charge in [0.25, 0.3) is 11.5 Å². The van der Waals surface area contributed by atoms with Gasteiger partial charge in [0.05, 0.1) is 91.5 Å². The number of hydrogen-bond acceptors (Lipinski definition) is 16. The first-order valence-electron chi connectivity index (χ1n) is 18.2. The molecule has 20 nitrogen and oxygen atoms in total. The van der Waals surface area contributed by atoms with Crippen molar-refractivity contribution >= 4 is 34.2 Å². The predicted octanol–water partition coefficient (Wildman–Crippen LogP) is 2.34. The third kappa shape index (κ3) is 11.6. The van der Waals surface area contributed by atoms with Crippen LogP contribution in [0.4, 0.5) is 11.9 Å². The highest BCUT2D eigenvalue weighted by molar-refractivity contribution is 5.76. The van der Waals surface area contributed by atoms with Gasteiger partial charge < -0.3 is 48.9 Å². The number of H-pyrrole nitrogens is 3. The van der Waals surface area contributed by atoms with E-state index in [-0.39, 0.29) is 11.9 Å². The van der Waals surface area contributed by atoms with E-state index in [4.69, 9.17) is 44.6 Å². The van der Waals surface area contributed by atoms with E-state index in [0.29, 0.717) is 120 Å². The first-order valence-corrected chi connectivity index (χ1v) is 18.2. The summed E-state index contributed by atoms with van der Waals surface area (Å²) < 4.78 is 41.9. The molecule has 7 N–H and O–H groups in total. The molecule has 0 aliphatic rings. The van der Waals surface area contributed by atoms with Gasteiger partial charge in [0.2, 0.25) is 11.8 Å². The zero-order valence-electron chi connectivity index (χ0n) is 31.1. The third-order valence-electron chi connectivity index (χ3n) is 8.34. The predicted molar refractivity (Wildman–Crippen MR) is 203 cm³/mol. The monoisotopic (exact) mass is 782 g/mol. The Morgan fingerprint density at radius 2 is 1.14 bits per heavy atom. The molecule has 0 radical (unpaired) electrons. The molecule has 2 aromatic carbocycles. The number of ether oxygens (including phenoxy) is 7. The highest BCUT2D eigenvalue weighted by Crippen LogP contribution is 2.21. The van der Waals surface area contributed by atoms with Crippen LogP contribution in [-0.2, 0) is 63.3 Å². The van der Waals surface area contributed by atoms with Crippen molar-refractivity contribution in [3.8, 4) is 11.8 Å². The molecule has 0 saturated heterocycles. The number of nitrogens with two attached hydrogens (primary N) is 2. The highest BCUT2D eigenvalue weighted by atomic mass is 16.6. The SMILES string of the molecule is Nc1nc(OCc2ccc(COCc3cn(CCOCCOCCOCCOCc4ccc(COc5[nH+]c(N)nc6nc[nH]c56)cc4)nn3)cc2)c2[nH]cnc2n1. The number of aromatic nitrogens is 11. The smallest absolute Gasteiger partial charge is 0.392 e. The number of fused-ring (bicyclic) bond motifs is 2. The summed E-state index contributed by atoms with van der Waals surface area (Å²) in [5, 5.41) is 8.34. The summed E-state index contributed by atoms with van der Waals surface area (Å²) >= 11 is 0. The quantitative estimate of drug-likeness (QED) is 0.0642. The van der Waals surface area contributed by atoms with E-state index in [1.165, 1.54) is 6.33 Å². The fourth-order valence-corrected chi connectivity index (χ4v) is 5.46. The van der Waals surface area contributed by atoms with E-state index < -0.39 is 0 Å². The maximum atomic E-state index is 5.89. The Balaban J connectivity index is 0.662. The van der Waals surface area contributed by atoms with Crippen molar-refractivity contribution in [1.82, 2.24) is 49.9 Å². The third-order valence-corrected chi connectivity index (χ3v) is 8.34. The van der Waals surface area contributed by atoms with Gasteiger partial charge in [-0.25, -0.2) is 19.6 Å². The first-order chi connectivity index (χ1) is 28.1. The molecule has 0 saturated carbocycles. The lowest BCUT2D eigenvalue weighted by atomic mass is 10.1. The van der Waals surface area contributed by atoms with E-state index >= 15 is 0 Å². The van der Waals surface area contributed by atoms with E-state index in [1.54, 1.807) is 11.0 Å². The Morgan fingerprint density at radius 3 is 1.82 bits per heavy atom. The zero-order chi connectivity index (χ0) is 39.1. The molecule has 0 fully saturated rings. The van der Waals surface area contributed by atoms with Crippen LogP contribution in [0.3, 0.4) is 0 Å². The molecule has 0 aliphatic heterocycles. The molecule has 0 bridgehead atoms. The molecule has 5 heterocycles. The molecular formula is C37H44N13O7+. The summed E-state index contributed by atoms with van der Waals surface area (Å²) in [6.45, 7) is 5.85. The van der Waals surface area contributed by atoms with Gasteiger partial charge in [0, 0.05) is 0 Å². The number of nitrogen functional groups attached to an aromatic ring is 2. The van der Waals surface area contributed by atoms with Gasteiger partial charge in [-0.1, -0.05) is 53.7 Å². The Labute approximate surface area is 326 Å². The van der Waals surface area contributed by atoms with Gasteiger partial charge in [0.15, 0.2) is 11.2 Å². The number of imidazole rings is 2. The topological polar surface area (TPSA) is 258 Å². The van der Waals surface area contributed by atoms with Gasteiger partial charge in [-0.3, -0.25) is 5.73 Å². The second kappa shape index (κ2) is 20.0. The molecule has 7 aromatic rings. The molecule has 7 rings (SSSR count).